The van der Waals surface area contributed by atoms with Gasteiger partial charge in [-0.15, -0.1) is 0 Å². The smallest absolute Gasteiger partial charge is 0.288 e. The molecule has 0 saturated carbocycles. The molecular formula is C12H21N5O. The average molecular weight is 251 g/mol. The number of nitrogens with zero attached hydrogens (tertiary/aromatic N) is 3. The average Bonchev–Trinajstić information content (AvgIpc) is 2.63. The molecule has 1 fully saturated rings. The fourth-order valence-electron chi connectivity index (χ4n) is 2.50. The number of nitrogen functional groups attached to an aromatic ring is 1. The molecule has 2 unspecified atom stereocenters. The molecular weight excluding hydrogens is 230 g/mol. The molecule has 0 aromatic carbocycles. The number of hydrogen-bond acceptors (Lipinski definition) is 4. The molecule has 0 radical (unpaired) electrons. The number of carbonyl (C=O) groups is 1. The van der Waals surface area contributed by atoms with Crippen LogP contribution in [0.5, 0.6) is 0 Å². The first-order chi connectivity index (χ1) is 8.49. The van der Waals surface area contributed by atoms with Gasteiger partial charge in [0.1, 0.15) is 0 Å². The van der Waals surface area contributed by atoms with Crippen LogP contribution in [0.25, 0.3) is 0 Å². The molecule has 0 aliphatic carbocycles. The van der Waals surface area contributed by atoms with Crippen molar-refractivity contribution in [2.45, 2.75) is 45.2 Å². The van der Waals surface area contributed by atoms with Gasteiger partial charge in [0.25, 0.3) is 5.91 Å². The van der Waals surface area contributed by atoms with Crippen LogP contribution >= 0.6 is 0 Å². The van der Waals surface area contributed by atoms with E-state index in [4.69, 9.17) is 5.73 Å². The summed E-state index contributed by atoms with van der Waals surface area (Å²) in [5, 5.41) is 6.09. The molecule has 0 bridgehead atoms. The topological polar surface area (TPSA) is 76.2 Å². The second-order valence-electron chi connectivity index (χ2n) is 5.08. The van der Waals surface area contributed by atoms with E-state index in [-0.39, 0.29) is 5.91 Å². The number of anilines is 1. The van der Waals surface area contributed by atoms with Gasteiger partial charge in [-0.25, -0.2) is 5.01 Å². The predicted molar refractivity (Wildman–Crippen MR) is 69.7 cm³/mol. The maximum absolute atomic E-state index is 12.1. The molecule has 6 heteroatoms. The molecule has 6 nitrogen and oxygen atoms in total. The lowest BCUT2D eigenvalue weighted by molar-refractivity contribution is 0.0366. The van der Waals surface area contributed by atoms with Crippen molar-refractivity contribution >= 4 is 11.6 Å². The minimum absolute atomic E-state index is 0.228. The van der Waals surface area contributed by atoms with Crippen molar-refractivity contribution in [1.29, 1.82) is 0 Å². The van der Waals surface area contributed by atoms with Gasteiger partial charge in [-0.05, 0) is 26.7 Å². The Hall–Kier alpha value is -1.56. The van der Waals surface area contributed by atoms with E-state index >= 15 is 0 Å². The number of hydrogen-bond donors (Lipinski definition) is 2. The molecule has 1 aliphatic heterocycles. The van der Waals surface area contributed by atoms with Gasteiger partial charge < -0.3 is 5.73 Å². The van der Waals surface area contributed by atoms with Gasteiger partial charge in [0.05, 0.1) is 5.69 Å². The number of carbonyl (C=O) groups excluding carboxylic acids is 1. The van der Waals surface area contributed by atoms with Crippen LogP contribution in [0.15, 0.2) is 6.20 Å². The third-order valence-corrected chi connectivity index (χ3v) is 3.50. The zero-order valence-electron chi connectivity index (χ0n) is 11.2. The second-order valence-corrected chi connectivity index (χ2v) is 5.08. The lowest BCUT2D eigenvalue weighted by atomic mass is 10.00. The molecule has 1 aliphatic rings. The molecule has 1 aromatic heterocycles. The zero-order chi connectivity index (χ0) is 13.3. The molecule has 2 atom stereocenters. The summed E-state index contributed by atoms with van der Waals surface area (Å²) in [7, 11) is 1.75. The van der Waals surface area contributed by atoms with Gasteiger partial charge >= 0.3 is 0 Å². The Morgan fingerprint density at radius 3 is 2.56 bits per heavy atom. The molecule has 2 heterocycles. The largest absolute Gasteiger partial charge is 0.396 e. The van der Waals surface area contributed by atoms with Crippen molar-refractivity contribution in [3.8, 4) is 0 Å². The first-order valence-electron chi connectivity index (χ1n) is 6.37. The fraction of sp³-hybridized carbons (Fsp3) is 0.667. The van der Waals surface area contributed by atoms with E-state index in [0.717, 1.165) is 12.8 Å². The van der Waals surface area contributed by atoms with Gasteiger partial charge in [0.15, 0.2) is 5.69 Å². The van der Waals surface area contributed by atoms with Crippen LogP contribution in [0.2, 0.25) is 0 Å². The van der Waals surface area contributed by atoms with Crippen LogP contribution in [0.1, 0.15) is 43.6 Å². The Morgan fingerprint density at radius 2 is 2.06 bits per heavy atom. The van der Waals surface area contributed by atoms with Crippen LogP contribution in [0.3, 0.4) is 0 Å². The maximum Gasteiger partial charge on any atom is 0.288 e. The van der Waals surface area contributed by atoms with E-state index in [2.05, 4.69) is 24.4 Å². The lowest BCUT2D eigenvalue weighted by Crippen LogP contribution is -2.54. The number of hydrazine groups is 1. The highest BCUT2D eigenvalue weighted by atomic mass is 16.2. The lowest BCUT2D eigenvalue weighted by Gasteiger charge is -2.38. The number of amides is 1. The van der Waals surface area contributed by atoms with Crippen LogP contribution in [-0.2, 0) is 7.05 Å². The summed E-state index contributed by atoms with van der Waals surface area (Å²) in [5.41, 5.74) is 9.38. The Bertz CT molecular complexity index is 432. The summed E-state index contributed by atoms with van der Waals surface area (Å²) in [6.45, 7) is 4.25. The highest BCUT2D eigenvalue weighted by molar-refractivity contribution is 5.96. The van der Waals surface area contributed by atoms with Crippen molar-refractivity contribution in [1.82, 2.24) is 20.2 Å². The Balaban J connectivity index is 2.08. The number of nitrogens with two attached hydrogens (primary N) is 1. The van der Waals surface area contributed by atoms with Gasteiger partial charge in [0.2, 0.25) is 0 Å². The third-order valence-electron chi connectivity index (χ3n) is 3.50. The fourth-order valence-corrected chi connectivity index (χ4v) is 2.50. The second kappa shape index (κ2) is 4.97. The normalized spacial score (nSPS) is 25.1. The highest BCUT2D eigenvalue weighted by Crippen LogP contribution is 2.20. The van der Waals surface area contributed by atoms with Crippen molar-refractivity contribution in [3.05, 3.63) is 11.9 Å². The molecule has 1 saturated heterocycles. The van der Waals surface area contributed by atoms with Gasteiger partial charge in [-0.2, -0.15) is 5.10 Å². The molecule has 0 spiro atoms. The Kier molecular flexibility index (Phi) is 3.56. The third kappa shape index (κ3) is 2.48. The Labute approximate surface area is 107 Å². The Morgan fingerprint density at radius 1 is 1.44 bits per heavy atom. The van der Waals surface area contributed by atoms with Gasteiger partial charge in [-0.1, -0.05) is 6.42 Å². The maximum atomic E-state index is 12.1. The summed E-state index contributed by atoms with van der Waals surface area (Å²) in [4.78, 5) is 12.1. The molecule has 1 amide bonds. The summed E-state index contributed by atoms with van der Waals surface area (Å²) < 4.78 is 1.55. The van der Waals surface area contributed by atoms with E-state index in [1.165, 1.54) is 6.42 Å². The van der Waals surface area contributed by atoms with Crippen molar-refractivity contribution in [2.75, 3.05) is 5.73 Å². The van der Waals surface area contributed by atoms with E-state index in [9.17, 15) is 4.79 Å². The number of aromatic nitrogens is 2. The first-order valence-corrected chi connectivity index (χ1v) is 6.37. The molecule has 3 N–H and O–H groups in total. The predicted octanol–water partition coefficient (Wildman–Crippen LogP) is 0.910. The quantitative estimate of drug-likeness (QED) is 0.819. The van der Waals surface area contributed by atoms with Gasteiger partial charge in [-0.3, -0.25) is 14.9 Å². The van der Waals surface area contributed by atoms with E-state index in [1.54, 1.807) is 17.9 Å². The van der Waals surface area contributed by atoms with E-state index in [1.807, 2.05) is 5.01 Å². The zero-order valence-corrected chi connectivity index (χ0v) is 11.2. The number of nitrogens with one attached hydrogen (secondary N) is 1. The number of rotatable bonds is 2. The summed E-state index contributed by atoms with van der Waals surface area (Å²) in [6.07, 6.45) is 5.04. The van der Waals surface area contributed by atoms with E-state index in [0.29, 0.717) is 23.5 Å². The first kappa shape index (κ1) is 12.9. The summed E-state index contributed by atoms with van der Waals surface area (Å²) in [6, 6.07) is 0.699. The molecule has 100 valence electrons. The van der Waals surface area contributed by atoms with Crippen LogP contribution in [0, 0.1) is 0 Å². The monoisotopic (exact) mass is 251 g/mol. The molecule has 1 aromatic rings. The summed E-state index contributed by atoms with van der Waals surface area (Å²) in [5.74, 6) is -0.228. The van der Waals surface area contributed by atoms with Crippen molar-refractivity contribution in [3.63, 3.8) is 0 Å². The van der Waals surface area contributed by atoms with Gasteiger partial charge in [0, 0.05) is 25.3 Å². The molecule has 2 rings (SSSR count). The van der Waals surface area contributed by atoms with Crippen LogP contribution in [0.4, 0.5) is 5.69 Å². The van der Waals surface area contributed by atoms with Crippen LogP contribution in [-0.4, -0.2) is 32.8 Å². The number of aryl methyl sites for hydroxylation is 1. The van der Waals surface area contributed by atoms with Crippen molar-refractivity contribution < 1.29 is 4.79 Å². The minimum Gasteiger partial charge on any atom is -0.396 e. The van der Waals surface area contributed by atoms with Crippen molar-refractivity contribution in [2.24, 2.45) is 7.05 Å². The van der Waals surface area contributed by atoms with Crippen LogP contribution < -0.4 is 11.2 Å². The number of piperidine rings is 1. The molecule has 18 heavy (non-hydrogen) atoms. The highest BCUT2D eigenvalue weighted by Gasteiger charge is 2.27. The standard InChI is InChI=1S/C12H21N5O/c1-8-5-4-6-9(2)17(8)15-12(18)11-10(13)7-16(3)14-11/h7-9H,4-6,13H2,1-3H3,(H,15,18). The minimum atomic E-state index is -0.228. The van der Waals surface area contributed by atoms with E-state index < -0.39 is 0 Å². The summed E-state index contributed by atoms with van der Waals surface area (Å²) >= 11 is 0. The SMILES string of the molecule is CC1CCCC(C)N1NC(=O)c1nn(C)cc1N.